The predicted octanol–water partition coefficient (Wildman–Crippen LogP) is 3.20. The molecule has 0 unspecified atom stereocenters. The Bertz CT molecular complexity index is 1020. The van der Waals surface area contributed by atoms with Crippen molar-refractivity contribution in [1.29, 1.82) is 0 Å². The maximum atomic E-state index is 13.1. The Morgan fingerprint density at radius 1 is 0.966 bits per heavy atom. The van der Waals surface area contributed by atoms with Gasteiger partial charge in [0.15, 0.2) is 16.6 Å². The van der Waals surface area contributed by atoms with Gasteiger partial charge in [-0.05, 0) is 48.6 Å². The van der Waals surface area contributed by atoms with E-state index in [1.165, 1.54) is 32.3 Å². The molecule has 2 aromatic rings. The highest BCUT2D eigenvalue weighted by atomic mass is 35.5. The van der Waals surface area contributed by atoms with Crippen LogP contribution in [0.1, 0.15) is 5.56 Å². The quantitative estimate of drug-likeness (QED) is 0.444. The number of methoxy groups -OCH3 is 3. The molecule has 0 aliphatic carbocycles. The summed E-state index contributed by atoms with van der Waals surface area (Å²) in [6.45, 7) is 0. The van der Waals surface area contributed by atoms with E-state index in [2.05, 4.69) is 5.32 Å². The molecule has 0 atom stereocenters. The highest BCUT2D eigenvalue weighted by Crippen LogP contribution is 2.36. The Morgan fingerprint density at radius 2 is 1.55 bits per heavy atom. The minimum Gasteiger partial charge on any atom is -0.496 e. The number of halogens is 1. The van der Waals surface area contributed by atoms with Crippen molar-refractivity contribution in [1.82, 2.24) is 5.32 Å². The zero-order chi connectivity index (χ0) is 21.1. The predicted molar refractivity (Wildman–Crippen MR) is 114 cm³/mol. The van der Waals surface area contributed by atoms with E-state index in [0.717, 1.165) is 0 Å². The van der Waals surface area contributed by atoms with Gasteiger partial charge in [0, 0.05) is 16.7 Å². The fourth-order valence-corrected chi connectivity index (χ4v) is 3.21. The van der Waals surface area contributed by atoms with Crippen molar-refractivity contribution in [3.63, 3.8) is 0 Å². The molecule has 0 spiro atoms. The van der Waals surface area contributed by atoms with Gasteiger partial charge in [-0.3, -0.25) is 19.8 Å². The average molecular weight is 433 g/mol. The average Bonchev–Trinajstić information content (AvgIpc) is 2.71. The normalized spacial score (nSPS) is 15.4. The van der Waals surface area contributed by atoms with Crippen LogP contribution in [0.5, 0.6) is 17.2 Å². The lowest BCUT2D eigenvalue weighted by molar-refractivity contribution is -0.122. The number of nitrogens with one attached hydrogen (secondary N) is 1. The molecule has 9 heteroatoms. The van der Waals surface area contributed by atoms with Crippen molar-refractivity contribution in [3.8, 4) is 17.2 Å². The minimum absolute atomic E-state index is 0.0150. The number of anilines is 1. The molecule has 150 valence electrons. The standard InChI is InChI=1S/C20H17ClN2O5S/c1-26-15-10-17(28-3)16(27-2)9-11(15)8-14-18(24)22-20(29)23(19(14)25)13-6-4-12(21)5-7-13/h4-10H,1-3H3,(H,22,24,29). The summed E-state index contributed by atoms with van der Waals surface area (Å²) < 4.78 is 15.9. The molecule has 1 heterocycles. The van der Waals surface area contributed by atoms with Gasteiger partial charge >= 0.3 is 0 Å². The third kappa shape index (κ3) is 4.03. The van der Waals surface area contributed by atoms with Gasteiger partial charge in [0.25, 0.3) is 11.8 Å². The highest BCUT2D eigenvalue weighted by Gasteiger charge is 2.34. The fourth-order valence-electron chi connectivity index (χ4n) is 2.80. The summed E-state index contributed by atoms with van der Waals surface area (Å²) in [5.41, 5.74) is 0.834. The number of rotatable bonds is 5. The molecule has 3 rings (SSSR count). The molecule has 0 bridgehead atoms. The molecule has 1 aliphatic rings. The Balaban J connectivity index is 2.08. The summed E-state index contributed by atoms with van der Waals surface area (Å²) in [5.74, 6) is 0.102. The Morgan fingerprint density at radius 3 is 2.14 bits per heavy atom. The molecule has 0 saturated carbocycles. The maximum Gasteiger partial charge on any atom is 0.270 e. The summed E-state index contributed by atoms with van der Waals surface area (Å²) in [4.78, 5) is 26.8. The smallest absolute Gasteiger partial charge is 0.270 e. The van der Waals surface area contributed by atoms with Crippen molar-refractivity contribution in [2.24, 2.45) is 0 Å². The molecular weight excluding hydrogens is 416 g/mol. The lowest BCUT2D eigenvalue weighted by Gasteiger charge is -2.29. The van der Waals surface area contributed by atoms with Crippen LogP contribution in [0.2, 0.25) is 5.02 Å². The van der Waals surface area contributed by atoms with Crippen LogP contribution in [-0.4, -0.2) is 38.3 Å². The molecule has 0 radical (unpaired) electrons. The first-order valence-corrected chi connectivity index (χ1v) is 9.15. The number of hydrogen-bond acceptors (Lipinski definition) is 6. The summed E-state index contributed by atoms with van der Waals surface area (Å²) in [6.07, 6.45) is 1.42. The second-order valence-electron chi connectivity index (χ2n) is 5.88. The summed E-state index contributed by atoms with van der Waals surface area (Å²) in [5, 5.41) is 3.03. The zero-order valence-electron chi connectivity index (χ0n) is 15.8. The number of amides is 2. The zero-order valence-corrected chi connectivity index (χ0v) is 17.4. The highest BCUT2D eigenvalue weighted by molar-refractivity contribution is 7.80. The van der Waals surface area contributed by atoms with Crippen LogP contribution >= 0.6 is 23.8 Å². The third-order valence-electron chi connectivity index (χ3n) is 4.22. The monoisotopic (exact) mass is 432 g/mol. The molecule has 1 aliphatic heterocycles. The van der Waals surface area contributed by atoms with Gasteiger partial charge in [0.2, 0.25) is 0 Å². The molecule has 1 N–H and O–H groups in total. The van der Waals surface area contributed by atoms with Crippen LogP contribution in [0, 0.1) is 0 Å². The Hall–Kier alpha value is -3.10. The van der Waals surface area contributed by atoms with Crippen LogP contribution in [0.4, 0.5) is 5.69 Å². The van der Waals surface area contributed by atoms with Gasteiger partial charge in [0.1, 0.15) is 11.3 Å². The topological polar surface area (TPSA) is 77.1 Å². The third-order valence-corrected chi connectivity index (χ3v) is 4.76. The lowest BCUT2D eigenvalue weighted by Crippen LogP contribution is -2.54. The van der Waals surface area contributed by atoms with Crippen LogP contribution in [0.3, 0.4) is 0 Å². The number of ether oxygens (including phenoxy) is 3. The molecule has 1 saturated heterocycles. The molecule has 1 fully saturated rings. The van der Waals surface area contributed by atoms with Gasteiger partial charge in [-0.15, -0.1) is 0 Å². The molecule has 0 aromatic heterocycles. The van der Waals surface area contributed by atoms with E-state index in [-0.39, 0.29) is 10.7 Å². The van der Waals surface area contributed by atoms with Crippen molar-refractivity contribution in [2.75, 3.05) is 26.2 Å². The van der Waals surface area contributed by atoms with E-state index in [0.29, 0.717) is 33.5 Å². The molecule has 2 aromatic carbocycles. The van der Waals surface area contributed by atoms with E-state index in [1.54, 1.807) is 36.4 Å². The molecule has 29 heavy (non-hydrogen) atoms. The Kier molecular flexibility index (Phi) is 6.05. The minimum atomic E-state index is -0.609. The maximum absolute atomic E-state index is 13.1. The van der Waals surface area contributed by atoms with Crippen LogP contribution in [0.25, 0.3) is 6.08 Å². The van der Waals surface area contributed by atoms with Crippen molar-refractivity contribution in [3.05, 3.63) is 52.6 Å². The first-order valence-electron chi connectivity index (χ1n) is 8.36. The second kappa shape index (κ2) is 8.50. The van der Waals surface area contributed by atoms with Crippen molar-refractivity contribution in [2.45, 2.75) is 0 Å². The largest absolute Gasteiger partial charge is 0.496 e. The van der Waals surface area contributed by atoms with E-state index in [1.807, 2.05) is 0 Å². The molecule has 2 amide bonds. The summed E-state index contributed by atoms with van der Waals surface area (Å²) >= 11 is 11.1. The number of carbonyl (C=O) groups is 2. The van der Waals surface area contributed by atoms with Gasteiger partial charge in [0.05, 0.1) is 27.0 Å². The number of benzene rings is 2. The van der Waals surface area contributed by atoms with E-state index in [4.69, 9.17) is 38.0 Å². The second-order valence-corrected chi connectivity index (χ2v) is 6.71. The van der Waals surface area contributed by atoms with Gasteiger partial charge in [-0.1, -0.05) is 11.6 Å². The number of nitrogens with zero attached hydrogens (tertiary/aromatic N) is 1. The summed E-state index contributed by atoms with van der Waals surface area (Å²) in [7, 11) is 4.46. The van der Waals surface area contributed by atoms with Crippen LogP contribution in [0.15, 0.2) is 42.0 Å². The first kappa shape index (κ1) is 20.6. The molecular formula is C20H17ClN2O5S. The van der Waals surface area contributed by atoms with Crippen LogP contribution < -0.4 is 24.4 Å². The van der Waals surface area contributed by atoms with Crippen molar-refractivity contribution < 1.29 is 23.8 Å². The SMILES string of the molecule is COc1cc(OC)c(OC)cc1C=C1C(=O)NC(=S)N(c2ccc(Cl)cc2)C1=O. The Labute approximate surface area is 177 Å². The molecule has 7 nitrogen and oxygen atoms in total. The number of thiocarbonyl (C=S) groups is 1. The number of hydrogen-bond donors (Lipinski definition) is 1. The van der Waals surface area contributed by atoms with E-state index >= 15 is 0 Å². The van der Waals surface area contributed by atoms with E-state index in [9.17, 15) is 9.59 Å². The first-order chi connectivity index (χ1) is 13.9. The van der Waals surface area contributed by atoms with Crippen LogP contribution in [-0.2, 0) is 9.59 Å². The lowest BCUT2D eigenvalue weighted by atomic mass is 10.1. The van der Waals surface area contributed by atoms with Gasteiger partial charge in [-0.25, -0.2) is 0 Å². The fraction of sp³-hybridized carbons (Fsp3) is 0.150. The van der Waals surface area contributed by atoms with E-state index < -0.39 is 11.8 Å². The summed E-state index contributed by atoms with van der Waals surface area (Å²) in [6, 6.07) is 9.76. The number of carbonyl (C=O) groups excluding carboxylic acids is 2. The van der Waals surface area contributed by atoms with Gasteiger partial charge in [-0.2, -0.15) is 0 Å². The van der Waals surface area contributed by atoms with Gasteiger partial charge < -0.3 is 14.2 Å². The van der Waals surface area contributed by atoms with Crippen molar-refractivity contribution >= 4 is 52.5 Å².